The quantitative estimate of drug-likeness (QED) is 0.659. The Kier molecular flexibility index (Phi) is 5.80. The molecule has 6 nitrogen and oxygen atoms in total. The zero-order valence-corrected chi connectivity index (χ0v) is 18.2. The fraction of sp³-hybridized carbons (Fsp3) is 0.333. The van der Waals surface area contributed by atoms with Gasteiger partial charge in [0.15, 0.2) is 5.69 Å². The van der Waals surface area contributed by atoms with E-state index >= 15 is 0 Å². The zero-order chi connectivity index (χ0) is 21.2. The number of para-hydroxylation sites is 1. The van der Waals surface area contributed by atoms with Crippen LogP contribution in [0.1, 0.15) is 34.1 Å². The summed E-state index contributed by atoms with van der Waals surface area (Å²) < 4.78 is 7.41. The van der Waals surface area contributed by atoms with Crippen LogP contribution in [0.3, 0.4) is 0 Å². The van der Waals surface area contributed by atoms with E-state index in [9.17, 15) is 4.79 Å². The molecule has 31 heavy (non-hydrogen) atoms. The third kappa shape index (κ3) is 3.78. The molecule has 2 aliphatic heterocycles. The molecule has 1 aromatic heterocycles. The maximum atomic E-state index is 13.6. The number of fused-ring (bicyclic) bond motifs is 3. The van der Waals surface area contributed by atoms with Crippen molar-refractivity contribution in [2.45, 2.75) is 23.0 Å². The molecular weight excluding hydrogens is 408 g/mol. The number of carbonyl (C=O) groups is 1. The minimum Gasteiger partial charge on any atom is -0.378 e. The Morgan fingerprint density at radius 1 is 1.10 bits per heavy atom. The molecule has 2 aromatic carbocycles. The summed E-state index contributed by atoms with van der Waals surface area (Å²) >= 11 is 1.82. The minimum absolute atomic E-state index is 0.00744. The van der Waals surface area contributed by atoms with Gasteiger partial charge in [0.25, 0.3) is 5.91 Å². The number of nitrogens with zero attached hydrogens (tertiary/aromatic N) is 3. The molecule has 5 rings (SSSR count). The topological polar surface area (TPSA) is 73.4 Å². The molecule has 0 bridgehead atoms. The number of nitrogens with two attached hydrogens (primary N) is 1. The van der Waals surface area contributed by atoms with Crippen molar-refractivity contribution in [2.24, 2.45) is 5.73 Å². The second kappa shape index (κ2) is 8.86. The second-order valence-corrected chi connectivity index (χ2v) is 9.04. The number of hydrogen-bond donors (Lipinski definition) is 1. The smallest absolute Gasteiger partial charge is 0.274 e. The summed E-state index contributed by atoms with van der Waals surface area (Å²) in [6, 6.07) is 18.5. The van der Waals surface area contributed by atoms with E-state index < -0.39 is 0 Å². The molecule has 2 aliphatic rings. The summed E-state index contributed by atoms with van der Waals surface area (Å²) in [5, 5.41) is 5.08. The predicted molar refractivity (Wildman–Crippen MR) is 123 cm³/mol. The van der Waals surface area contributed by atoms with Crippen molar-refractivity contribution in [1.29, 1.82) is 0 Å². The number of hydrogen-bond acceptors (Lipinski definition) is 5. The molecule has 3 aromatic rings. The van der Waals surface area contributed by atoms with Crippen LogP contribution in [0, 0.1) is 0 Å². The van der Waals surface area contributed by atoms with E-state index in [1.54, 1.807) is 0 Å². The number of amides is 1. The lowest BCUT2D eigenvalue weighted by molar-refractivity contribution is 0.0298. The molecule has 0 aliphatic carbocycles. The Morgan fingerprint density at radius 2 is 1.84 bits per heavy atom. The van der Waals surface area contributed by atoms with Crippen LogP contribution < -0.4 is 5.73 Å². The first-order valence-corrected chi connectivity index (χ1v) is 11.7. The largest absolute Gasteiger partial charge is 0.378 e. The van der Waals surface area contributed by atoms with Gasteiger partial charge >= 0.3 is 0 Å². The van der Waals surface area contributed by atoms with Gasteiger partial charge in [-0.25, -0.2) is 4.68 Å². The highest BCUT2D eigenvalue weighted by atomic mass is 32.2. The molecule has 2 N–H and O–H groups in total. The van der Waals surface area contributed by atoms with E-state index in [0.717, 1.165) is 35.3 Å². The van der Waals surface area contributed by atoms with E-state index in [-0.39, 0.29) is 11.2 Å². The lowest BCUT2D eigenvalue weighted by atomic mass is 9.98. The van der Waals surface area contributed by atoms with Crippen molar-refractivity contribution in [3.05, 3.63) is 65.9 Å². The summed E-state index contributed by atoms with van der Waals surface area (Å²) in [7, 11) is 0. The van der Waals surface area contributed by atoms with Gasteiger partial charge in [0, 0.05) is 34.4 Å². The van der Waals surface area contributed by atoms with Crippen LogP contribution in [0.2, 0.25) is 0 Å². The maximum Gasteiger partial charge on any atom is 0.274 e. The van der Waals surface area contributed by atoms with Gasteiger partial charge < -0.3 is 15.4 Å². The average molecular weight is 435 g/mol. The van der Waals surface area contributed by atoms with Crippen LogP contribution in [-0.2, 0) is 4.74 Å². The van der Waals surface area contributed by atoms with Gasteiger partial charge in [-0.3, -0.25) is 4.79 Å². The summed E-state index contributed by atoms with van der Waals surface area (Å²) in [5.74, 6) is -0.00744. The molecule has 1 saturated heterocycles. The van der Waals surface area contributed by atoms with Crippen LogP contribution >= 0.6 is 11.8 Å². The first kappa shape index (κ1) is 20.3. The Balaban J connectivity index is 1.71. The van der Waals surface area contributed by atoms with Crippen LogP contribution in [0.25, 0.3) is 16.9 Å². The van der Waals surface area contributed by atoms with E-state index in [4.69, 9.17) is 15.6 Å². The number of benzene rings is 2. The molecule has 160 valence electrons. The van der Waals surface area contributed by atoms with E-state index in [1.807, 2.05) is 51.7 Å². The third-order valence-corrected chi connectivity index (χ3v) is 7.19. The van der Waals surface area contributed by atoms with Gasteiger partial charge in [0.2, 0.25) is 0 Å². The van der Waals surface area contributed by atoms with Crippen molar-refractivity contribution >= 4 is 17.7 Å². The highest BCUT2D eigenvalue weighted by molar-refractivity contribution is 7.99. The first-order valence-electron chi connectivity index (χ1n) is 10.8. The standard InChI is InChI=1S/C24H26N4O2S/c25-12-6-11-20-21-22(24(29)27-13-15-30-16-14-27)26-28(17-7-2-1-3-8-17)23(21)18-9-4-5-10-19(18)31-20/h1-5,7-10,20H,6,11-16,25H2. The summed E-state index contributed by atoms with van der Waals surface area (Å²) in [6.45, 7) is 2.97. The molecule has 1 unspecified atom stereocenters. The van der Waals surface area contributed by atoms with Gasteiger partial charge in [0.05, 0.1) is 24.6 Å². The van der Waals surface area contributed by atoms with Gasteiger partial charge in [-0.2, -0.15) is 5.10 Å². The lowest BCUT2D eigenvalue weighted by Crippen LogP contribution is -2.41. The summed E-state index contributed by atoms with van der Waals surface area (Å²) in [4.78, 5) is 16.7. The number of morpholine rings is 1. The van der Waals surface area contributed by atoms with Crippen molar-refractivity contribution < 1.29 is 9.53 Å². The van der Waals surface area contributed by atoms with Gasteiger partial charge in [-0.05, 0) is 37.6 Å². The van der Waals surface area contributed by atoms with Crippen molar-refractivity contribution in [2.75, 3.05) is 32.8 Å². The van der Waals surface area contributed by atoms with Gasteiger partial charge in [-0.15, -0.1) is 11.8 Å². The molecular formula is C24H26N4O2S. The van der Waals surface area contributed by atoms with Gasteiger partial charge in [-0.1, -0.05) is 36.4 Å². The number of rotatable bonds is 5. The third-order valence-electron chi connectivity index (χ3n) is 5.83. The molecule has 1 fully saturated rings. The van der Waals surface area contributed by atoms with Crippen molar-refractivity contribution in [3.63, 3.8) is 0 Å². The van der Waals surface area contributed by atoms with Gasteiger partial charge in [0.1, 0.15) is 0 Å². The number of aromatic nitrogens is 2. The molecule has 1 atom stereocenters. The molecule has 0 radical (unpaired) electrons. The molecule has 0 spiro atoms. The van der Waals surface area contributed by atoms with E-state index in [1.165, 1.54) is 4.90 Å². The summed E-state index contributed by atoms with van der Waals surface area (Å²) in [5.41, 5.74) is 10.6. The fourth-order valence-corrected chi connectivity index (χ4v) is 5.69. The maximum absolute atomic E-state index is 13.6. The first-order chi connectivity index (χ1) is 15.3. The van der Waals surface area contributed by atoms with E-state index in [0.29, 0.717) is 38.5 Å². The fourth-order valence-electron chi connectivity index (χ4n) is 4.31. The lowest BCUT2D eigenvalue weighted by Gasteiger charge is -2.28. The van der Waals surface area contributed by atoms with Crippen molar-refractivity contribution in [1.82, 2.24) is 14.7 Å². The van der Waals surface area contributed by atoms with Crippen LogP contribution in [0.15, 0.2) is 59.5 Å². The molecule has 7 heteroatoms. The normalized spacial score (nSPS) is 17.8. The highest BCUT2D eigenvalue weighted by Gasteiger charge is 2.36. The molecule has 0 saturated carbocycles. The number of thioether (sulfide) groups is 1. The zero-order valence-electron chi connectivity index (χ0n) is 17.4. The monoisotopic (exact) mass is 434 g/mol. The minimum atomic E-state index is -0.00744. The van der Waals surface area contributed by atoms with Crippen LogP contribution in [0.5, 0.6) is 0 Å². The molecule has 3 heterocycles. The number of carbonyl (C=O) groups excluding carboxylic acids is 1. The number of ether oxygens (including phenoxy) is 1. The Bertz CT molecular complexity index is 1080. The predicted octanol–water partition coefficient (Wildman–Crippen LogP) is 3.90. The van der Waals surface area contributed by atoms with Crippen LogP contribution in [-0.4, -0.2) is 53.4 Å². The average Bonchev–Trinajstić information content (AvgIpc) is 3.24. The Morgan fingerprint density at radius 3 is 2.61 bits per heavy atom. The summed E-state index contributed by atoms with van der Waals surface area (Å²) in [6.07, 6.45) is 1.81. The Labute approximate surface area is 186 Å². The van der Waals surface area contributed by atoms with Crippen molar-refractivity contribution in [3.8, 4) is 16.9 Å². The highest BCUT2D eigenvalue weighted by Crippen LogP contribution is 2.52. The SMILES string of the molecule is NCCCC1Sc2ccccc2-c2c1c(C(=O)N1CCOCC1)nn2-c1ccccc1. The Hall–Kier alpha value is -2.61. The molecule has 1 amide bonds. The second-order valence-electron chi connectivity index (χ2n) is 7.80. The van der Waals surface area contributed by atoms with Crippen LogP contribution in [0.4, 0.5) is 0 Å². The van der Waals surface area contributed by atoms with E-state index in [2.05, 4.69) is 24.3 Å².